The Morgan fingerprint density at radius 3 is 1.57 bits per heavy atom. The van der Waals surface area contributed by atoms with E-state index in [4.69, 9.17) is 0 Å². The van der Waals surface area contributed by atoms with Crippen LogP contribution in [-0.4, -0.2) is 20.5 Å². The predicted octanol–water partition coefficient (Wildman–Crippen LogP) is -2.26. The summed E-state index contributed by atoms with van der Waals surface area (Å²) in [6.45, 7) is 1.83. The molecule has 3 heteroatoms. The molecule has 0 aliphatic heterocycles. The third-order valence-electron chi connectivity index (χ3n) is 0.664. The van der Waals surface area contributed by atoms with Gasteiger partial charge in [0.1, 0.15) is 0 Å². The molecule has 0 aromatic carbocycles. The van der Waals surface area contributed by atoms with Gasteiger partial charge in [0.25, 0.3) is 0 Å². The fraction of sp³-hybridized carbons (Fsp3) is 1.00. The molecule has 0 radical (unpaired) electrons. The van der Waals surface area contributed by atoms with Crippen LogP contribution in [0.2, 0.25) is 0 Å². The van der Waals surface area contributed by atoms with Crippen molar-refractivity contribution in [3.8, 4) is 0 Å². The third kappa shape index (κ3) is 6.52. The van der Waals surface area contributed by atoms with Gasteiger partial charge < -0.3 is 10.9 Å². The Morgan fingerprint density at radius 1 is 1.29 bits per heavy atom. The van der Waals surface area contributed by atoms with Gasteiger partial charge in [0.15, 0.2) is 6.29 Å². The van der Waals surface area contributed by atoms with Crippen LogP contribution in [0.5, 0.6) is 0 Å². The average Bonchev–Trinajstić information content (AvgIpc) is 1.65. The molecule has 0 amide bonds. The molecular formula is C4H11LiO2. The summed E-state index contributed by atoms with van der Waals surface area (Å²) in [4.78, 5) is 0. The van der Waals surface area contributed by atoms with Gasteiger partial charge in [-0.05, 0) is 6.92 Å². The fourth-order valence-electron chi connectivity index (χ4n) is 0.0962. The van der Waals surface area contributed by atoms with Crippen molar-refractivity contribution in [2.24, 2.45) is 0 Å². The van der Waals surface area contributed by atoms with Crippen molar-refractivity contribution in [1.29, 1.82) is 0 Å². The predicted molar refractivity (Wildman–Crippen MR) is 24.6 cm³/mol. The molecule has 0 bridgehead atoms. The number of hydrogen-bond donors (Lipinski definition) is 0. The number of hydrogen-bond acceptors (Lipinski definition) is 2. The van der Waals surface area contributed by atoms with Gasteiger partial charge in [-0.15, -0.1) is 0 Å². The number of ether oxygens (including phenoxy) is 2. The summed E-state index contributed by atoms with van der Waals surface area (Å²) in [5, 5.41) is 0. The summed E-state index contributed by atoms with van der Waals surface area (Å²) in [6, 6.07) is 0. The molecule has 0 aromatic heterocycles. The van der Waals surface area contributed by atoms with E-state index in [2.05, 4.69) is 9.47 Å². The molecule has 0 saturated heterocycles. The molecule has 0 spiro atoms. The van der Waals surface area contributed by atoms with Gasteiger partial charge in [-0.25, -0.2) is 0 Å². The minimum atomic E-state index is -0.0648. The molecule has 0 aliphatic carbocycles. The van der Waals surface area contributed by atoms with Crippen molar-refractivity contribution >= 4 is 0 Å². The van der Waals surface area contributed by atoms with E-state index >= 15 is 0 Å². The molecule has 0 fully saturated rings. The zero-order chi connectivity index (χ0) is 4.99. The Kier molecular flexibility index (Phi) is 9.77. The summed E-state index contributed by atoms with van der Waals surface area (Å²) in [7, 11) is 3.21. The number of methoxy groups -OCH3 is 2. The van der Waals surface area contributed by atoms with Crippen LogP contribution in [0.1, 0.15) is 8.35 Å². The first-order valence-electron chi connectivity index (χ1n) is 1.87. The Labute approximate surface area is 57.8 Å². The van der Waals surface area contributed by atoms with E-state index in [9.17, 15) is 0 Å². The van der Waals surface area contributed by atoms with E-state index in [1.165, 1.54) is 0 Å². The molecule has 0 rings (SSSR count). The normalized spacial score (nSPS) is 8.57. The van der Waals surface area contributed by atoms with E-state index in [1.54, 1.807) is 14.2 Å². The van der Waals surface area contributed by atoms with Gasteiger partial charge in [-0.2, -0.15) is 0 Å². The Morgan fingerprint density at radius 2 is 1.57 bits per heavy atom. The van der Waals surface area contributed by atoms with Gasteiger partial charge in [-0.3, -0.25) is 0 Å². The molecule has 0 aliphatic rings. The minimum absolute atomic E-state index is 0. The summed E-state index contributed by atoms with van der Waals surface area (Å²) in [5.41, 5.74) is 0. The molecule has 0 N–H and O–H groups in total. The largest absolute Gasteiger partial charge is 1.00 e. The zero-order valence-electron chi connectivity index (χ0n) is 6.39. The fourth-order valence-corrected chi connectivity index (χ4v) is 0.0962. The maximum Gasteiger partial charge on any atom is 1.00 e. The molecule has 40 valence electrons. The van der Waals surface area contributed by atoms with Crippen LogP contribution in [0.4, 0.5) is 0 Å². The van der Waals surface area contributed by atoms with Crippen molar-refractivity contribution < 1.29 is 29.8 Å². The zero-order valence-corrected chi connectivity index (χ0v) is 5.39. The topological polar surface area (TPSA) is 18.5 Å². The van der Waals surface area contributed by atoms with Crippen LogP contribution in [0.3, 0.4) is 0 Å². The van der Waals surface area contributed by atoms with Gasteiger partial charge in [0, 0.05) is 14.2 Å². The van der Waals surface area contributed by atoms with Crippen LogP contribution in [0.25, 0.3) is 0 Å². The second-order valence-electron chi connectivity index (χ2n) is 1.04. The van der Waals surface area contributed by atoms with Gasteiger partial charge in [-0.1, -0.05) is 0 Å². The summed E-state index contributed by atoms with van der Waals surface area (Å²) < 4.78 is 9.35. The SMILES string of the molecule is COC(C)OC.[H-].[Li+]. The van der Waals surface area contributed by atoms with E-state index in [0.717, 1.165) is 0 Å². The first-order valence-corrected chi connectivity index (χ1v) is 1.87. The van der Waals surface area contributed by atoms with Crippen molar-refractivity contribution in [2.75, 3.05) is 14.2 Å². The molecule has 7 heavy (non-hydrogen) atoms. The quantitative estimate of drug-likeness (QED) is 0.287. The third-order valence-corrected chi connectivity index (χ3v) is 0.664. The molecule has 2 nitrogen and oxygen atoms in total. The van der Waals surface area contributed by atoms with Crippen LogP contribution in [0.15, 0.2) is 0 Å². The molecule has 0 unspecified atom stereocenters. The maximum absolute atomic E-state index is 4.68. The monoisotopic (exact) mass is 98.1 g/mol. The summed E-state index contributed by atoms with van der Waals surface area (Å²) >= 11 is 0. The van der Waals surface area contributed by atoms with Crippen molar-refractivity contribution in [1.82, 2.24) is 0 Å². The second kappa shape index (κ2) is 6.52. The van der Waals surface area contributed by atoms with Crippen LogP contribution in [0, 0.1) is 0 Å². The number of rotatable bonds is 2. The van der Waals surface area contributed by atoms with E-state index in [0.29, 0.717) is 0 Å². The van der Waals surface area contributed by atoms with Gasteiger partial charge in [0.2, 0.25) is 0 Å². The first kappa shape index (κ1) is 10.5. The van der Waals surface area contributed by atoms with E-state index < -0.39 is 0 Å². The smallest absolute Gasteiger partial charge is 1.00 e. The first-order chi connectivity index (χ1) is 2.81. The Hall–Kier alpha value is 0.517. The maximum atomic E-state index is 4.68. The van der Waals surface area contributed by atoms with Crippen molar-refractivity contribution in [3.05, 3.63) is 0 Å². The standard InChI is InChI=1S/C4H10O2.Li.H/c1-4(5-2)6-3;;/h4H,1-3H3;;/q;+1;-1. The Bertz CT molecular complexity index is 33.2. The van der Waals surface area contributed by atoms with Gasteiger partial charge >= 0.3 is 18.9 Å². The van der Waals surface area contributed by atoms with Crippen molar-refractivity contribution in [3.63, 3.8) is 0 Å². The Balaban J connectivity index is -0.000000125. The van der Waals surface area contributed by atoms with Crippen molar-refractivity contribution in [2.45, 2.75) is 13.2 Å². The van der Waals surface area contributed by atoms with Crippen LogP contribution < -0.4 is 18.9 Å². The van der Waals surface area contributed by atoms with Crippen LogP contribution >= 0.6 is 0 Å². The molecule has 0 saturated carbocycles. The molecule has 0 heterocycles. The average molecular weight is 98.1 g/mol. The second-order valence-corrected chi connectivity index (χ2v) is 1.04. The summed E-state index contributed by atoms with van der Waals surface area (Å²) in [5.74, 6) is 0. The van der Waals surface area contributed by atoms with Gasteiger partial charge in [0.05, 0.1) is 0 Å². The molecule has 0 atom stereocenters. The molecule has 0 aromatic rings. The summed E-state index contributed by atoms with van der Waals surface area (Å²) in [6.07, 6.45) is -0.0648. The van der Waals surface area contributed by atoms with E-state index in [-0.39, 0.29) is 26.6 Å². The minimum Gasteiger partial charge on any atom is -1.00 e. The van der Waals surface area contributed by atoms with Crippen LogP contribution in [-0.2, 0) is 9.47 Å². The molecular weight excluding hydrogens is 87.0 g/mol. The van der Waals surface area contributed by atoms with E-state index in [1.807, 2.05) is 6.92 Å².